The van der Waals surface area contributed by atoms with E-state index >= 15 is 0 Å². The fourth-order valence-electron chi connectivity index (χ4n) is 7.43. The van der Waals surface area contributed by atoms with E-state index in [1.807, 2.05) is 13.8 Å². The van der Waals surface area contributed by atoms with Gasteiger partial charge in [-0.15, -0.1) is 0 Å². The van der Waals surface area contributed by atoms with Crippen molar-refractivity contribution in [2.75, 3.05) is 92.1 Å². The van der Waals surface area contributed by atoms with Crippen LogP contribution in [0.25, 0.3) is 0 Å². The molecule has 0 heterocycles. The van der Waals surface area contributed by atoms with E-state index < -0.39 is 123 Å². The topological polar surface area (TPSA) is 432 Å². The minimum atomic E-state index is -2.12. The van der Waals surface area contributed by atoms with Gasteiger partial charge in [0.2, 0.25) is 0 Å². The monoisotopic (exact) mass is 1300 g/mol. The number of rotatable bonds is 33. The van der Waals surface area contributed by atoms with Crippen LogP contribution in [0.1, 0.15) is 188 Å². The highest BCUT2D eigenvalue weighted by atomic mass is 19.2. The molecule has 1 fully saturated rings. The van der Waals surface area contributed by atoms with Crippen LogP contribution in [0.5, 0.6) is 0 Å². The standard InChI is InChI=1S/C18H22F4O6.C12H24N2O4.C12H22O6.C10H22N2O2.C7H18N2O2/c1-17(2,5-7-23)27-15(25)9-11(19)13(21)10(14(22)12(9)20)16(26)28-18(3,4)6-8-24;1-11(2,17-9(15)7-13)5-6-12(3,4)18-10(16)8-14;1-11(2,5-7-13)17-9(15)10(16)18-12(3,4)6-8-14;11-6-8-13-10(14-9-7-12)4-2-1-3-5-10;1-7(2,10-5-3-8)11-6-4-9/h23-24H,5-8H2,1-4H3;5-8,13-14H2,1-4H3;13-14H,5-8H2,1-4H3;1-9,11-12H2;3-6,8-9H2,1-2H3. The van der Waals surface area contributed by atoms with Crippen LogP contribution in [0.15, 0.2) is 0 Å². The zero-order valence-corrected chi connectivity index (χ0v) is 55.0. The molecule has 2 rings (SSSR count). The van der Waals surface area contributed by atoms with Crippen molar-refractivity contribution in [1.29, 1.82) is 0 Å². The maximum Gasteiger partial charge on any atom is 0.418 e. The quantitative estimate of drug-likeness (QED) is 0.0119. The minimum absolute atomic E-state index is 0.0999. The molecule has 1 saturated carbocycles. The predicted octanol–water partition coefficient (Wildman–Crippen LogP) is 3.87. The van der Waals surface area contributed by atoms with Crippen molar-refractivity contribution in [2.24, 2.45) is 34.4 Å². The SMILES string of the molecule is CC(C)(CCC(C)(C)OC(=O)CN)OC(=O)CN.CC(C)(CCO)OC(=O)C(=O)OC(C)(C)CCO.CC(C)(CCO)OC(=O)c1c(F)c(F)c(C(=O)OC(C)(C)CCO)c(F)c1F.CC(C)(OCCN)OCCN.NCCOC1(OCCN)CCCCC1. The van der Waals surface area contributed by atoms with Crippen molar-refractivity contribution in [3.63, 3.8) is 0 Å². The van der Waals surface area contributed by atoms with Gasteiger partial charge in [-0.3, -0.25) is 9.59 Å². The van der Waals surface area contributed by atoms with Crippen molar-refractivity contribution in [1.82, 2.24) is 0 Å². The van der Waals surface area contributed by atoms with Crippen molar-refractivity contribution in [3.05, 3.63) is 34.4 Å². The molecule has 522 valence electrons. The average Bonchev–Trinajstić information content (AvgIpc) is 2.39. The summed E-state index contributed by atoms with van der Waals surface area (Å²) in [6.07, 6.45) is 6.96. The van der Waals surface area contributed by atoms with Gasteiger partial charge in [0.25, 0.3) is 0 Å². The number of halogens is 4. The summed E-state index contributed by atoms with van der Waals surface area (Å²) in [6, 6.07) is 0. The van der Waals surface area contributed by atoms with Gasteiger partial charge in [0, 0.05) is 91.1 Å². The second-order valence-electron chi connectivity index (χ2n) is 24.3. The molecule has 0 saturated heterocycles. The van der Waals surface area contributed by atoms with Gasteiger partial charge in [-0.25, -0.2) is 36.7 Å². The Bertz CT molecular complexity index is 2080. The summed E-state index contributed by atoms with van der Waals surface area (Å²) in [5.74, 6) is -15.9. The molecular formula is C59H108F4N6O20. The first-order valence-electron chi connectivity index (χ1n) is 29.4. The van der Waals surface area contributed by atoms with Crippen LogP contribution in [0.4, 0.5) is 17.6 Å². The van der Waals surface area contributed by atoms with Gasteiger partial charge in [0.05, 0.1) is 39.5 Å². The Balaban J connectivity index is -0.00000108. The molecule has 0 atom stereocenters. The van der Waals surface area contributed by atoms with Gasteiger partial charge in [-0.05, 0) is 123 Å². The van der Waals surface area contributed by atoms with Crippen LogP contribution in [0.3, 0.4) is 0 Å². The Morgan fingerprint density at radius 2 is 0.652 bits per heavy atom. The molecule has 0 amide bonds. The van der Waals surface area contributed by atoms with Gasteiger partial charge in [0.15, 0.2) is 34.8 Å². The fraction of sp³-hybridized carbons (Fsp3) is 0.797. The molecule has 1 aromatic carbocycles. The molecule has 0 unspecified atom stereocenters. The van der Waals surface area contributed by atoms with Crippen LogP contribution in [0, 0.1) is 23.3 Å². The number of aliphatic hydroxyl groups excluding tert-OH is 4. The first-order chi connectivity index (χ1) is 41.0. The van der Waals surface area contributed by atoms with E-state index in [2.05, 4.69) is 0 Å². The highest BCUT2D eigenvalue weighted by molar-refractivity contribution is 6.29. The van der Waals surface area contributed by atoms with Crippen LogP contribution in [-0.2, 0) is 66.5 Å². The van der Waals surface area contributed by atoms with E-state index in [0.29, 0.717) is 65.4 Å². The summed E-state index contributed by atoms with van der Waals surface area (Å²) in [5, 5.41) is 35.3. The molecular weight excluding hydrogens is 1190 g/mol. The molecule has 89 heavy (non-hydrogen) atoms. The molecule has 1 aliphatic carbocycles. The third kappa shape index (κ3) is 39.3. The first kappa shape index (κ1) is 88.4. The van der Waals surface area contributed by atoms with Gasteiger partial charge in [0.1, 0.15) is 44.7 Å². The number of aliphatic hydroxyl groups is 4. The molecule has 26 nitrogen and oxygen atoms in total. The smallest absolute Gasteiger partial charge is 0.418 e. The maximum absolute atomic E-state index is 14.3. The summed E-state index contributed by atoms with van der Waals surface area (Å²) in [5.41, 5.74) is 22.6. The highest BCUT2D eigenvalue weighted by Gasteiger charge is 2.39. The van der Waals surface area contributed by atoms with Crippen molar-refractivity contribution >= 4 is 35.8 Å². The molecule has 30 heteroatoms. The van der Waals surface area contributed by atoms with E-state index in [4.69, 9.17) is 102 Å². The Labute approximate surface area is 522 Å². The first-order valence-corrected chi connectivity index (χ1v) is 29.4. The van der Waals surface area contributed by atoms with E-state index in [1.165, 1.54) is 47.0 Å². The van der Waals surface area contributed by atoms with E-state index in [9.17, 15) is 46.3 Å². The number of carbonyl (C=O) groups excluding carboxylic acids is 6. The Morgan fingerprint density at radius 3 is 0.899 bits per heavy atom. The normalized spacial score (nSPS) is 13.5. The zero-order chi connectivity index (χ0) is 69.7. The number of hydrogen-bond acceptors (Lipinski definition) is 26. The molecule has 1 aromatic rings. The van der Waals surface area contributed by atoms with Gasteiger partial charge >= 0.3 is 35.8 Å². The van der Waals surface area contributed by atoms with Crippen molar-refractivity contribution in [2.45, 2.75) is 213 Å². The van der Waals surface area contributed by atoms with E-state index in [-0.39, 0.29) is 57.8 Å². The summed E-state index contributed by atoms with van der Waals surface area (Å²) in [4.78, 5) is 69.2. The largest absolute Gasteiger partial charge is 0.459 e. The van der Waals surface area contributed by atoms with Gasteiger partial charge in [-0.2, -0.15) is 0 Å². The highest BCUT2D eigenvalue weighted by Crippen LogP contribution is 2.33. The fourth-order valence-corrected chi connectivity index (χ4v) is 7.43. The Morgan fingerprint density at radius 1 is 0.393 bits per heavy atom. The summed E-state index contributed by atoms with van der Waals surface area (Å²) in [7, 11) is 0. The molecule has 0 radical (unpaired) electrons. The molecule has 0 aliphatic heterocycles. The Kier molecular flexibility index (Phi) is 42.8. The maximum atomic E-state index is 14.3. The number of carbonyl (C=O) groups is 6. The van der Waals surface area contributed by atoms with Gasteiger partial charge < -0.3 is 102 Å². The van der Waals surface area contributed by atoms with Crippen LogP contribution in [0.2, 0.25) is 0 Å². The lowest BCUT2D eigenvalue weighted by molar-refractivity contribution is -0.249. The lowest BCUT2D eigenvalue weighted by Crippen LogP contribution is -2.40. The van der Waals surface area contributed by atoms with Gasteiger partial charge in [-0.1, -0.05) is 6.42 Å². The van der Waals surface area contributed by atoms with Crippen molar-refractivity contribution < 1.29 is 114 Å². The van der Waals surface area contributed by atoms with E-state index in [0.717, 1.165) is 12.8 Å². The molecule has 0 spiro atoms. The zero-order valence-electron chi connectivity index (χ0n) is 55.0. The van der Waals surface area contributed by atoms with Crippen molar-refractivity contribution in [3.8, 4) is 0 Å². The van der Waals surface area contributed by atoms with Crippen LogP contribution < -0.4 is 34.4 Å². The number of hydrogen-bond donors (Lipinski definition) is 10. The average molecular weight is 1300 g/mol. The summed E-state index contributed by atoms with van der Waals surface area (Å²) >= 11 is 0. The molecule has 1 aliphatic rings. The third-order valence-electron chi connectivity index (χ3n) is 12.3. The molecule has 0 bridgehead atoms. The summed E-state index contributed by atoms with van der Waals surface area (Å²) < 4.78 is 109. The number of esters is 6. The summed E-state index contributed by atoms with van der Waals surface area (Å²) in [6.45, 7) is 25.4. The molecule has 0 aromatic heterocycles. The Hall–Kier alpha value is -4.80. The lowest BCUT2D eigenvalue weighted by atomic mass is 9.93. The molecule has 16 N–H and O–H groups in total. The number of benzene rings is 1. The van der Waals surface area contributed by atoms with Crippen LogP contribution in [-0.4, -0.2) is 194 Å². The van der Waals surface area contributed by atoms with Crippen LogP contribution >= 0.6 is 0 Å². The number of ether oxygens (including phenoxy) is 10. The lowest BCUT2D eigenvalue weighted by Gasteiger charge is -2.36. The third-order valence-corrected chi connectivity index (χ3v) is 12.3. The predicted molar refractivity (Wildman–Crippen MR) is 320 cm³/mol. The second kappa shape index (κ2) is 43.1. The second-order valence-corrected chi connectivity index (χ2v) is 24.3. The van der Waals surface area contributed by atoms with E-state index in [1.54, 1.807) is 55.4 Å². The number of nitrogens with two attached hydrogens (primary N) is 6. The minimum Gasteiger partial charge on any atom is -0.459 e.